The molecule has 0 saturated carbocycles. The van der Waals surface area contributed by atoms with E-state index in [1.807, 2.05) is 6.92 Å². The third kappa shape index (κ3) is 4.98. The van der Waals surface area contributed by atoms with Crippen molar-refractivity contribution in [2.45, 2.75) is 20.0 Å². The number of rotatable bonds is 7. The minimum absolute atomic E-state index is 0.486. The molecule has 1 N–H and O–H groups in total. The zero-order valence-electron chi connectivity index (χ0n) is 14.1. The van der Waals surface area contributed by atoms with E-state index in [1.165, 1.54) is 13.1 Å². The van der Waals surface area contributed by atoms with Crippen LogP contribution in [-0.4, -0.2) is 24.8 Å². The average Bonchev–Trinajstić information content (AvgIpc) is 2.63. The molecule has 5 nitrogen and oxygen atoms in total. The third-order valence-corrected chi connectivity index (χ3v) is 3.27. The number of nitrogens with zero attached hydrogens (tertiary/aromatic N) is 1. The predicted molar refractivity (Wildman–Crippen MR) is 90.7 cm³/mol. The fraction of sp³-hybridized carbons (Fsp3) is 0.222. The summed E-state index contributed by atoms with van der Waals surface area (Å²) in [7, 11) is 0. The van der Waals surface area contributed by atoms with Crippen LogP contribution in [0.1, 0.15) is 19.4 Å². The highest BCUT2D eigenvalue weighted by Gasteiger charge is 2.19. The molecular formula is C18H17F3N2O3. The molecule has 2 aromatic rings. The summed E-state index contributed by atoms with van der Waals surface area (Å²) in [5.41, 5.74) is 0.229. The van der Waals surface area contributed by atoms with E-state index in [9.17, 15) is 18.0 Å². The van der Waals surface area contributed by atoms with Crippen molar-refractivity contribution in [3.63, 3.8) is 0 Å². The van der Waals surface area contributed by atoms with E-state index in [2.05, 4.69) is 10.5 Å². The summed E-state index contributed by atoms with van der Waals surface area (Å²) in [6.45, 7) is 3.81. The minimum Gasteiger partial charge on any atom is -0.494 e. The summed E-state index contributed by atoms with van der Waals surface area (Å²) in [6.07, 6.45) is 0.305. The second kappa shape index (κ2) is 8.89. The van der Waals surface area contributed by atoms with Crippen LogP contribution in [-0.2, 0) is 9.63 Å². The summed E-state index contributed by atoms with van der Waals surface area (Å²) < 4.78 is 44.9. The first-order chi connectivity index (χ1) is 12.4. The Kier molecular flexibility index (Phi) is 6.60. The van der Waals surface area contributed by atoms with Gasteiger partial charge in [0.25, 0.3) is 5.91 Å². The number of hydrogen-bond donors (Lipinski definition) is 1. The lowest BCUT2D eigenvalue weighted by Gasteiger charge is -2.11. The van der Waals surface area contributed by atoms with Gasteiger partial charge in [-0.3, -0.25) is 4.79 Å². The lowest BCUT2D eigenvalue weighted by molar-refractivity contribution is -0.126. The maximum atomic E-state index is 13.5. The minimum atomic E-state index is -1.66. The number of carbonyl (C=O) groups is 1. The van der Waals surface area contributed by atoms with E-state index in [-0.39, 0.29) is 0 Å². The Morgan fingerprint density at radius 1 is 1.15 bits per heavy atom. The SMILES string of the molecule is CCOc1ccc(/C=N\O[C@@H](C)C(=O)Nc2ccc(F)c(F)c2F)cc1. The molecule has 0 bridgehead atoms. The normalized spacial score (nSPS) is 12.0. The molecule has 26 heavy (non-hydrogen) atoms. The Morgan fingerprint density at radius 3 is 2.50 bits per heavy atom. The molecule has 0 heterocycles. The monoisotopic (exact) mass is 366 g/mol. The topological polar surface area (TPSA) is 59.9 Å². The zero-order valence-corrected chi connectivity index (χ0v) is 14.1. The maximum Gasteiger partial charge on any atom is 0.268 e. The highest BCUT2D eigenvalue weighted by Crippen LogP contribution is 2.20. The first-order valence-corrected chi connectivity index (χ1v) is 7.78. The molecule has 0 aromatic heterocycles. The predicted octanol–water partition coefficient (Wildman–Crippen LogP) is 3.88. The molecule has 0 spiro atoms. The number of halogens is 3. The molecule has 2 aromatic carbocycles. The largest absolute Gasteiger partial charge is 0.494 e. The van der Waals surface area contributed by atoms with E-state index in [1.54, 1.807) is 24.3 Å². The van der Waals surface area contributed by atoms with Crippen LogP contribution in [0, 0.1) is 17.5 Å². The lowest BCUT2D eigenvalue weighted by atomic mass is 10.2. The van der Waals surface area contributed by atoms with E-state index in [0.717, 1.165) is 6.07 Å². The first kappa shape index (κ1) is 19.3. The van der Waals surface area contributed by atoms with E-state index in [4.69, 9.17) is 9.57 Å². The Hall–Kier alpha value is -3.03. The standard InChI is InChI=1S/C18H17F3N2O3/c1-3-25-13-6-4-12(5-7-13)10-22-26-11(2)18(24)23-15-9-8-14(19)16(20)17(15)21/h4-11H,3H2,1-2H3,(H,23,24)/b22-10-/t11-/m0/s1. The molecule has 0 aliphatic rings. The summed E-state index contributed by atoms with van der Waals surface area (Å²) in [4.78, 5) is 16.9. The van der Waals surface area contributed by atoms with Crippen LogP contribution < -0.4 is 10.1 Å². The van der Waals surface area contributed by atoms with Crippen molar-refractivity contribution in [3.05, 3.63) is 59.4 Å². The van der Waals surface area contributed by atoms with Crippen molar-refractivity contribution in [1.82, 2.24) is 0 Å². The fourth-order valence-corrected chi connectivity index (χ4v) is 1.90. The summed E-state index contributed by atoms with van der Waals surface area (Å²) >= 11 is 0. The van der Waals surface area contributed by atoms with Gasteiger partial charge in [-0.25, -0.2) is 13.2 Å². The van der Waals surface area contributed by atoms with Crippen LogP contribution in [0.3, 0.4) is 0 Å². The number of oxime groups is 1. The molecule has 0 fully saturated rings. The molecule has 0 radical (unpaired) electrons. The lowest BCUT2D eigenvalue weighted by Crippen LogP contribution is -2.27. The number of hydrogen-bond acceptors (Lipinski definition) is 4. The van der Waals surface area contributed by atoms with E-state index >= 15 is 0 Å². The number of nitrogens with one attached hydrogen (secondary N) is 1. The molecule has 2 rings (SSSR count). The quantitative estimate of drug-likeness (QED) is 0.460. The molecule has 1 amide bonds. The van der Waals surface area contributed by atoms with Crippen LogP contribution in [0.2, 0.25) is 0 Å². The van der Waals surface area contributed by atoms with Crippen LogP contribution in [0.25, 0.3) is 0 Å². The Balaban J connectivity index is 1.91. The first-order valence-electron chi connectivity index (χ1n) is 7.78. The Bertz CT molecular complexity index is 795. The summed E-state index contributed by atoms with van der Waals surface area (Å²) in [5.74, 6) is -4.54. The molecule has 8 heteroatoms. The van der Waals surface area contributed by atoms with Crippen LogP contribution in [0.4, 0.5) is 18.9 Å². The second-order valence-electron chi connectivity index (χ2n) is 5.20. The van der Waals surface area contributed by atoms with Crippen molar-refractivity contribution in [1.29, 1.82) is 0 Å². The fourth-order valence-electron chi connectivity index (χ4n) is 1.90. The molecule has 138 valence electrons. The highest BCUT2D eigenvalue weighted by atomic mass is 19.2. The van der Waals surface area contributed by atoms with Crippen molar-refractivity contribution in [3.8, 4) is 5.75 Å². The van der Waals surface area contributed by atoms with Gasteiger partial charge in [-0.2, -0.15) is 0 Å². The van der Waals surface area contributed by atoms with Gasteiger partial charge in [-0.15, -0.1) is 0 Å². The second-order valence-corrected chi connectivity index (χ2v) is 5.20. The van der Waals surface area contributed by atoms with Crippen molar-refractivity contribution in [2.24, 2.45) is 5.16 Å². The van der Waals surface area contributed by atoms with Gasteiger partial charge < -0.3 is 14.9 Å². The van der Waals surface area contributed by atoms with Gasteiger partial charge in [0, 0.05) is 0 Å². The number of amides is 1. The Morgan fingerprint density at radius 2 is 1.85 bits per heavy atom. The number of benzene rings is 2. The van der Waals surface area contributed by atoms with Gasteiger partial charge in [0.15, 0.2) is 17.5 Å². The van der Waals surface area contributed by atoms with E-state index in [0.29, 0.717) is 24.0 Å². The third-order valence-electron chi connectivity index (χ3n) is 3.27. The van der Waals surface area contributed by atoms with Crippen LogP contribution in [0.15, 0.2) is 41.6 Å². The van der Waals surface area contributed by atoms with Gasteiger partial charge in [-0.1, -0.05) is 5.16 Å². The van der Waals surface area contributed by atoms with Crippen LogP contribution >= 0.6 is 0 Å². The number of carbonyl (C=O) groups excluding carboxylic acids is 1. The maximum absolute atomic E-state index is 13.5. The molecule has 0 aliphatic heterocycles. The van der Waals surface area contributed by atoms with E-state index < -0.39 is 35.2 Å². The van der Waals surface area contributed by atoms with Crippen LogP contribution in [0.5, 0.6) is 5.75 Å². The molecular weight excluding hydrogens is 349 g/mol. The summed E-state index contributed by atoms with van der Waals surface area (Å²) in [5, 5.41) is 5.79. The summed E-state index contributed by atoms with van der Waals surface area (Å²) in [6, 6.07) is 8.64. The van der Waals surface area contributed by atoms with Crippen molar-refractivity contribution in [2.75, 3.05) is 11.9 Å². The molecule has 1 atom stereocenters. The van der Waals surface area contributed by atoms with Crippen molar-refractivity contribution >= 4 is 17.8 Å². The van der Waals surface area contributed by atoms with Gasteiger partial charge in [0.1, 0.15) is 5.75 Å². The van der Waals surface area contributed by atoms with Crippen molar-refractivity contribution < 1.29 is 27.5 Å². The molecule has 0 aliphatic carbocycles. The molecule has 0 unspecified atom stereocenters. The smallest absolute Gasteiger partial charge is 0.268 e. The highest BCUT2D eigenvalue weighted by molar-refractivity contribution is 5.94. The number of ether oxygens (including phenoxy) is 1. The average molecular weight is 366 g/mol. The van der Waals surface area contributed by atoms with Gasteiger partial charge >= 0.3 is 0 Å². The van der Waals surface area contributed by atoms with Gasteiger partial charge in [0.2, 0.25) is 6.10 Å². The Labute approximate surface area is 148 Å². The zero-order chi connectivity index (χ0) is 19.1. The molecule has 0 saturated heterocycles. The van der Waals surface area contributed by atoms with Gasteiger partial charge in [-0.05, 0) is 55.8 Å². The van der Waals surface area contributed by atoms with Gasteiger partial charge in [0.05, 0.1) is 18.5 Å². The number of anilines is 1.